The maximum Gasteiger partial charge on any atom is 0.0317 e. The van der Waals surface area contributed by atoms with Gasteiger partial charge in [0.25, 0.3) is 0 Å². The first-order chi connectivity index (χ1) is 8.81. The third-order valence-electron chi connectivity index (χ3n) is 3.29. The molecular formula is C16H27NS. The van der Waals surface area contributed by atoms with Crippen LogP contribution in [-0.4, -0.2) is 12.8 Å². The van der Waals surface area contributed by atoms with E-state index in [2.05, 4.69) is 50.5 Å². The van der Waals surface area contributed by atoms with Crippen LogP contribution in [0.1, 0.15) is 57.6 Å². The van der Waals surface area contributed by atoms with Crippen LogP contribution in [0.25, 0.3) is 0 Å². The lowest BCUT2D eigenvalue weighted by Gasteiger charge is -2.17. The van der Waals surface area contributed by atoms with Crippen LogP contribution in [0.5, 0.6) is 0 Å². The first-order valence-corrected chi connectivity index (χ1v) is 8.20. The van der Waals surface area contributed by atoms with Crippen molar-refractivity contribution in [2.24, 2.45) is 0 Å². The minimum atomic E-state index is 0.516. The van der Waals surface area contributed by atoms with Crippen LogP contribution >= 0.6 is 11.8 Å². The van der Waals surface area contributed by atoms with Crippen LogP contribution in [-0.2, 0) is 0 Å². The largest absolute Gasteiger partial charge is 0.313 e. The summed E-state index contributed by atoms with van der Waals surface area (Å²) < 4.78 is 0. The van der Waals surface area contributed by atoms with Crippen molar-refractivity contribution in [3.05, 3.63) is 29.8 Å². The molecule has 0 saturated heterocycles. The van der Waals surface area contributed by atoms with E-state index in [1.165, 1.54) is 42.6 Å². The zero-order valence-corrected chi connectivity index (χ0v) is 12.9. The van der Waals surface area contributed by atoms with Gasteiger partial charge >= 0.3 is 0 Å². The zero-order chi connectivity index (χ0) is 13.2. The van der Waals surface area contributed by atoms with Crippen LogP contribution in [0.15, 0.2) is 29.2 Å². The fourth-order valence-electron chi connectivity index (χ4n) is 2.22. The van der Waals surface area contributed by atoms with Crippen molar-refractivity contribution in [3.8, 4) is 0 Å². The van der Waals surface area contributed by atoms with E-state index in [-0.39, 0.29) is 0 Å². The molecule has 0 aliphatic heterocycles. The number of nitrogens with one attached hydrogen (secondary N) is 1. The van der Waals surface area contributed by atoms with Crippen LogP contribution in [0.3, 0.4) is 0 Å². The third-order valence-corrected chi connectivity index (χ3v) is 4.18. The SMILES string of the molecule is CCCCCCC(NC)c1ccc(SCC)cc1. The molecule has 1 nitrogen and oxygen atoms in total. The van der Waals surface area contributed by atoms with E-state index in [0.29, 0.717) is 6.04 Å². The summed E-state index contributed by atoms with van der Waals surface area (Å²) in [5.74, 6) is 1.14. The van der Waals surface area contributed by atoms with E-state index in [9.17, 15) is 0 Å². The third kappa shape index (κ3) is 5.45. The Morgan fingerprint density at radius 3 is 2.33 bits per heavy atom. The molecule has 1 unspecified atom stereocenters. The summed E-state index contributed by atoms with van der Waals surface area (Å²) in [6, 6.07) is 9.57. The second kappa shape index (κ2) is 9.46. The molecule has 0 aliphatic carbocycles. The Morgan fingerprint density at radius 2 is 1.78 bits per heavy atom. The first-order valence-electron chi connectivity index (χ1n) is 7.21. The van der Waals surface area contributed by atoms with Crippen molar-refractivity contribution < 1.29 is 0 Å². The predicted molar refractivity (Wildman–Crippen MR) is 83.4 cm³/mol. The highest BCUT2D eigenvalue weighted by molar-refractivity contribution is 7.99. The molecule has 102 valence electrons. The number of hydrogen-bond donors (Lipinski definition) is 1. The second-order valence-corrected chi connectivity index (χ2v) is 6.03. The maximum absolute atomic E-state index is 3.44. The van der Waals surface area contributed by atoms with Gasteiger partial charge in [-0.05, 0) is 36.9 Å². The Hall–Kier alpha value is -0.470. The molecular weight excluding hydrogens is 238 g/mol. The van der Waals surface area contributed by atoms with Crippen LogP contribution in [0.2, 0.25) is 0 Å². The zero-order valence-electron chi connectivity index (χ0n) is 12.0. The average molecular weight is 265 g/mol. The monoisotopic (exact) mass is 265 g/mol. The van der Waals surface area contributed by atoms with Crippen LogP contribution in [0, 0.1) is 0 Å². The topological polar surface area (TPSA) is 12.0 Å². The first kappa shape index (κ1) is 15.6. The van der Waals surface area contributed by atoms with Gasteiger partial charge in [-0.15, -0.1) is 11.8 Å². The highest BCUT2D eigenvalue weighted by Gasteiger charge is 2.08. The van der Waals surface area contributed by atoms with Crippen molar-refractivity contribution in [1.82, 2.24) is 5.32 Å². The van der Waals surface area contributed by atoms with Crippen molar-refractivity contribution in [1.29, 1.82) is 0 Å². The van der Waals surface area contributed by atoms with E-state index >= 15 is 0 Å². The molecule has 1 rings (SSSR count). The van der Waals surface area contributed by atoms with Gasteiger partial charge in [0, 0.05) is 10.9 Å². The summed E-state index contributed by atoms with van der Waals surface area (Å²) in [5, 5.41) is 3.44. The molecule has 0 aliphatic rings. The van der Waals surface area contributed by atoms with Gasteiger partial charge in [-0.2, -0.15) is 0 Å². The second-order valence-electron chi connectivity index (χ2n) is 4.69. The van der Waals surface area contributed by atoms with E-state index in [1.54, 1.807) is 0 Å². The van der Waals surface area contributed by atoms with Crippen molar-refractivity contribution >= 4 is 11.8 Å². The molecule has 0 fully saturated rings. The standard InChI is InChI=1S/C16H27NS/c1-4-6-7-8-9-16(17-3)14-10-12-15(13-11-14)18-5-2/h10-13,16-17H,4-9H2,1-3H3. The van der Waals surface area contributed by atoms with Crippen LogP contribution < -0.4 is 5.32 Å². The van der Waals surface area contributed by atoms with Gasteiger partial charge in [-0.1, -0.05) is 51.7 Å². The minimum Gasteiger partial charge on any atom is -0.313 e. The quantitative estimate of drug-likeness (QED) is 0.496. The Kier molecular flexibility index (Phi) is 8.19. The fourth-order valence-corrected chi connectivity index (χ4v) is 2.88. The summed E-state index contributed by atoms with van der Waals surface area (Å²) in [6.45, 7) is 4.46. The lowest BCUT2D eigenvalue weighted by atomic mass is 10.0. The smallest absolute Gasteiger partial charge is 0.0317 e. The Bertz CT molecular complexity index is 307. The van der Waals surface area contributed by atoms with Gasteiger partial charge in [0.15, 0.2) is 0 Å². The van der Waals surface area contributed by atoms with Gasteiger partial charge in [-0.3, -0.25) is 0 Å². The van der Waals surface area contributed by atoms with Crippen molar-refractivity contribution in [2.75, 3.05) is 12.8 Å². The Labute approximate surface area is 117 Å². The Balaban J connectivity index is 2.48. The summed E-state index contributed by atoms with van der Waals surface area (Å²) in [5.41, 5.74) is 1.43. The summed E-state index contributed by atoms with van der Waals surface area (Å²) in [7, 11) is 2.07. The van der Waals surface area contributed by atoms with Crippen molar-refractivity contribution in [2.45, 2.75) is 56.9 Å². The summed E-state index contributed by atoms with van der Waals surface area (Å²) in [6.07, 6.45) is 6.61. The summed E-state index contributed by atoms with van der Waals surface area (Å²) in [4.78, 5) is 1.38. The van der Waals surface area contributed by atoms with Crippen molar-refractivity contribution in [3.63, 3.8) is 0 Å². The lowest BCUT2D eigenvalue weighted by molar-refractivity contribution is 0.505. The highest BCUT2D eigenvalue weighted by Crippen LogP contribution is 2.23. The van der Waals surface area contributed by atoms with E-state index in [4.69, 9.17) is 0 Å². The van der Waals surface area contributed by atoms with Gasteiger partial charge in [-0.25, -0.2) is 0 Å². The fraction of sp³-hybridized carbons (Fsp3) is 0.625. The molecule has 1 atom stereocenters. The van der Waals surface area contributed by atoms with Gasteiger partial charge < -0.3 is 5.32 Å². The number of hydrogen-bond acceptors (Lipinski definition) is 2. The number of rotatable bonds is 9. The molecule has 0 aromatic heterocycles. The normalized spacial score (nSPS) is 12.6. The molecule has 0 bridgehead atoms. The molecule has 1 aromatic rings. The van der Waals surface area contributed by atoms with E-state index in [0.717, 1.165) is 5.75 Å². The number of unbranched alkanes of at least 4 members (excludes halogenated alkanes) is 3. The molecule has 0 heterocycles. The Morgan fingerprint density at radius 1 is 1.06 bits per heavy atom. The number of thioether (sulfide) groups is 1. The molecule has 18 heavy (non-hydrogen) atoms. The molecule has 0 amide bonds. The minimum absolute atomic E-state index is 0.516. The number of benzene rings is 1. The van der Waals surface area contributed by atoms with Crippen LogP contribution in [0.4, 0.5) is 0 Å². The van der Waals surface area contributed by atoms with Gasteiger partial charge in [0.05, 0.1) is 0 Å². The average Bonchev–Trinajstić information content (AvgIpc) is 2.41. The molecule has 0 spiro atoms. The van der Waals surface area contributed by atoms with Gasteiger partial charge in [0.2, 0.25) is 0 Å². The molecule has 0 radical (unpaired) electrons. The summed E-state index contributed by atoms with van der Waals surface area (Å²) >= 11 is 1.91. The molecule has 2 heteroatoms. The molecule has 1 aromatic carbocycles. The predicted octanol–water partition coefficient (Wildman–Crippen LogP) is 5.03. The maximum atomic E-state index is 3.44. The molecule has 1 N–H and O–H groups in total. The molecule has 0 saturated carbocycles. The lowest BCUT2D eigenvalue weighted by Crippen LogP contribution is -2.16. The van der Waals surface area contributed by atoms with Gasteiger partial charge in [0.1, 0.15) is 0 Å². The van der Waals surface area contributed by atoms with E-state index in [1.807, 2.05) is 11.8 Å². The highest BCUT2D eigenvalue weighted by atomic mass is 32.2. The van der Waals surface area contributed by atoms with E-state index < -0.39 is 0 Å².